The standard InChI is InChI=1S/C26H53N3O/c1-3-4-5-6-7-8-9-10-11-12-13-14-15-16-17-18-21-27-26(30)28-24-25(2)29-22-19-20-23-29/h25H,3-24H2,1-2H3,(H2,27,28,30). The average Bonchev–Trinajstić information content (AvgIpc) is 3.29. The van der Waals surface area contributed by atoms with Crippen LogP contribution in [0.4, 0.5) is 4.79 Å². The molecule has 4 heteroatoms. The molecule has 30 heavy (non-hydrogen) atoms. The summed E-state index contributed by atoms with van der Waals surface area (Å²) in [5, 5.41) is 6.03. The van der Waals surface area contributed by atoms with Crippen LogP contribution in [0.3, 0.4) is 0 Å². The van der Waals surface area contributed by atoms with Crippen LogP contribution in [0.5, 0.6) is 0 Å². The van der Waals surface area contributed by atoms with Crippen molar-refractivity contribution < 1.29 is 4.79 Å². The Hall–Kier alpha value is -0.770. The monoisotopic (exact) mass is 423 g/mol. The van der Waals surface area contributed by atoms with E-state index < -0.39 is 0 Å². The van der Waals surface area contributed by atoms with Crippen molar-refractivity contribution in [3.05, 3.63) is 0 Å². The van der Waals surface area contributed by atoms with Gasteiger partial charge in [-0.3, -0.25) is 4.90 Å². The maximum atomic E-state index is 11.9. The average molecular weight is 424 g/mol. The molecule has 0 aromatic heterocycles. The molecule has 1 rings (SSSR count). The minimum absolute atomic E-state index is 0.00186. The fourth-order valence-corrected chi connectivity index (χ4v) is 4.49. The molecule has 1 aliphatic heterocycles. The predicted molar refractivity (Wildman–Crippen MR) is 131 cm³/mol. The van der Waals surface area contributed by atoms with Crippen molar-refractivity contribution in [3.8, 4) is 0 Å². The molecule has 178 valence electrons. The number of rotatable bonds is 20. The highest BCUT2D eigenvalue weighted by atomic mass is 16.2. The molecule has 4 nitrogen and oxygen atoms in total. The third-order valence-corrected chi connectivity index (χ3v) is 6.64. The molecule has 0 saturated carbocycles. The Morgan fingerprint density at radius 3 is 1.60 bits per heavy atom. The maximum absolute atomic E-state index is 11.9. The van der Waals surface area contributed by atoms with Crippen LogP contribution in [-0.4, -0.2) is 43.2 Å². The summed E-state index contributed by atoms with van der Waals surface area (Å²) in [6.45, 7) is 8.43. The van der Waals surface area contributed by atoms with Crippen molar-refractivity contribution in [3.63, 3.8) is 0 Å². The van der Waals surface area contributed by atoms with E-state index in [4.69, 9.17) is 0 Å². The van der Waals surface area contributed by atoms with Gasteiger partial charge in [0.1, 0.15) is 0 Å². The van der Waals surface area contributed by atoms with E-state index in [0.29, 0.717) is 6.04 Å². The molecule has 0 aromatic carbocycles. The van der Waals surface area contributed by atoms with Crippen molar-refractivity contribution in [2.45, 2.75) is 135 Å². The largest absolute Gasteiger partial charge is 0.338 e. The number of carbonyl (C=O) groups is 1. The fourth-order valence-electron chi connectivity index (χ4n) is 4.49. The molecule has 1 fully saturated rings. The molecule has 0 bridgehead atoms. The normalized spacial score (nSPS) is 15.4. The third-order valence-electron chi connectivity index (χ3n) is 6.64. The smallest absolute Gasteiger partial charge is 0.314 e. The molecule has 0 spiro atoms. The van der Waals surface area contributed by atoms with E-state index in [0.717, 1.165) is 19.5 Å². The van der Waals surface area contributed by atoms with Crippen LogP contribution in [0.2, 0.25) is 0 Å². The highest BCUT2D eigenvalue weighted by Gasteiger charge is 2.18. The molecule has 1 atom stereocenters. The van der Waals surface area contributed by atoms with Crippen LogP contribution in [0, 0.1) is 0 Å². The first-order valence-electron chi connectivity index (χ1n) is 13.5. The Labute approximate surface area is 188 Å². The first kappa shape index (κ1) is 27.3. The predicted octanol–water partition coefficient (Wildman–Crippen LogP) is 7.03. The van der Waals surface area contributed by atoms with Gasteiger partial charge in [0.15, 0.2) is 0 Å². The first-order chi connectivity index (χ1) is 14.7. The van der Waals surface area contributed by atoms with E-state index in [-0.39, 0.29) is 6.03 Å². The number of hydrogen-bond acceptors (Lipinski definition) is 2. The molecule has 1 aliphatic rings. The van der Waals surface area contributed by atoms with Gasteiger partial charge in [-0.1, -0.05) is 103 Å². The second kappa shape index (κ2) is 20.2. The van der Waals surface area contributed by atoms with E-state index in [1.807, 2.05) is 0 Å². The lowest BCUT2D eigenvalue weighted by Crippen LogP contribution is -2.44. The summed E-state index contributed by atoms with van der Waals surface area (Å²) < 4.78 is 0. The number of hydrogen-bond donors (Lipinski definition) is 2. The second-order valence-electron chi connectivity index (χ2n) is 9.53. The summed E-state index contributed by atoms with van der Waals surface area (Å²) in [7, 11) is 0. The number of carbonyl (C=O) groups excluding carboxylic acids is 1. The topological polar surface area (TPSA) is 44.4 Å². The van der Waals surface area contributed by atoms with Gasteiger partial charge in [-0.15, -0.1) is 0 Å². The zero-order valence-electron chi connectivity index (χ0n) is 20.5. The van der Waals surface area contributed by atoms with Gasteiger partial charge in [-0.2, -0.15) is 0 Å². The molecule has 0 aromatic rings. The number of likely N-dealkylation sites (tertiary alicyclic amines) is 1. The maximum Gasteiger partial charge on any atom is 0.314 e. The zero-order chi connectivity index (χ0) is 21.7. The lowest BCUT2D eigenvalue weighted by molar-refractivity contribution is 0.226. The van der Waals surface area contributed by atoms with Crippen molar-refractivity contribution in [2.75, 3.05) is 26.2 Å². The molecule has 1 saturated heterocycles. The Balaban J connectivity index is 1.73. The van der Waals surface area contributed by atoms with Crippen molar-refractivity contribution in [1.82, 2.24) is 15.5 Å². The summed E-state index contributed by atoms with van der Waals surface area (Å²) in [6.07, 6.45) is 24.7. The summed E-state index contributed by atoms with van der Waals surface area (Å²) in [5.41, 5.74) is 0. The van der Waals surface area contributed by atoms with Crippen LogP contribution in [0.1, 0.15) is 129 Å². The number of nitrogens with zero attached hydrogens (tertiary/aromatic N) is 1. The Bertz CT molecular complexity index is 382. The van der Waals surface area contributed by atoms with E-state index in [1.54, 1.807) is 0 Å². The minimum Gasteiger partial charge on any atom is -0.338 e. The van der Waals surface area contributed by atoms with Gasteiger partial charge in [0.2, 0.25) is 0 Å². The number of nitrogens with one attached hydrogen (secondary N) is 2. The SMILES string of the molecule is CCCCCCCCCCCCCCCCCCNC(=O)NCC(C)N1CCCC1. The van der Waals surface area contributed by atoms with Crippen LogP contribution in [-0.2, 0) is 0 Å². The van der Waals surface area contributed by atoms with Gasteiger partial charge >= 0.3 is 6.03 Å². The van der Waals surface area contributed by atoms with E-state index in [1.165, 1.54) is 122 Å². The highest BCUT2D eigenvalue weighted by molar-refractivity contribution is 5.73. The van der Waals surface area contributed by atoms with Crippen LogP contribution < -0.4 is 10.6 Å². The number of amides is 2. The van der Waals surface area contributed by atoms with E-state index in [9.17, 15) is 4.79 Å². The van der Waals surface area contributed by atoms with Gasteiger partial charge in [-0.25, -0.2) is 4.79 Å². The van der Waals surface area contributed by atoms with Gasteiger partial charge < -0.3 is 10.6 Å². The Morgan fingerprint density at radius 1 is 0.700 bits per heavy atom. The number of unbranched alkanes of at least 4 members (excludes halogenated alkanes) is 15. The summed E-state index contributed by atoms with van der Waals surface area (Å²) in [4.78, 5) is 14.4. The Morgan fingerprint density at radius 2 is 1.13 bits per heavy atom. The molecule has 0 radical (unpaired) electrons. The molecule has 2 N–H and O–H groups in total. The van der Waals surface area contributed by atoms with Crippen LogP contribution in [0.15, 0.2) is 0 Å². The van der Waals surface area contributed by atoms with Crippen LogP contribution >= 0.6 is 0 Å². The quantitative estimate of drug-likeness (QED) is 0.206. The van der Waals surface area contributed by atoms with Gasteiger partial charge in [0.05, 0.1) is 0 Å². The summed E-state index contributed by atoms with van der Waals surface area (Å²) >= 11 is 0. The molecule has 1 heterocycles. The summed E-state index contributed by atoms with van der Waals surface area (Å²) in [5.74, 6) is 0. The second-order valence-corrected chi connectivity index (χ2v) is 9.53. The lowest BCUT2D eigenvalue weighted by Gasteiger charge is -2.23. The summed E-state index contributed by atoms with van der Waals surface area (Å²) in [6, 6.07) is 0.454. The third kappa shape index (κ3) is 16.0. The van der Waals surface area contributed by atoms with Crippen molar-refractivity contribution in [1.29, 1.82) is 0 Å². The van der Waals surface area contributed by atoms with Crippen LogP contribution in [0.25, 0.3) is 0 Å². The van der Waals surface area contributed by atoms with Gasteiger partial charge in [0.25, 0.3) is 0 Å². The highest BCUT2D eigenvalue weighted by Crippen LogP contribution is 2.13. The fraction of sp³-hybridized carbons (Fsp3) is 0.962. The molecular weight excluding hydrogens is 370 g/mol. The minimum atomic E-state index is 0.00186. The van der Waals surface area contributed by atoms with Gasteiger partial charge in [0, 0.05) is 19.1 Å². The lowest BCUT2D eigenvalue weighted by atomic mass is 10.0. The van der Waals surface area contributed by atoms with E-state index in [2.05, 4.69) is 29.4 Å². The van der Waals surface area contributed by atoms with E-state index >= 15 is 0 Å². The molecule has 2 amide bonds. The molecule has 0 aliphatic carbocycles. The molecule has 1 unspecified atom stereocenters. The van der Waals surface area contributed by atoms with Crippen molar-refractivity contribution >= 4 is 6.03 Å². The number of urea groups is 1. The van der Waals surface area contributed by atoms with Gasteiger partial charge in [-0.05, 0) is 39.3 Å². The first-order valence-corrected chi connectivity index (χ1v) is 13.5. The van der Waals surface area contributed by atoms with Crippen molar-refractivity contribution in [2.24, 2.45) is 0 Å². The zero-order valence-corrected chi connectivity index (χ0v) is 20.5. The molecular formula is C26H53N3O. The Kier molecular flexibility index (Phi) is 18.3.